The number of alkyl carbamates (subject to hydrolysis) is 1. The summed E-state index contributed by atoms with van der Waals surface area (Å²) in [7, 11) is 1.47. The van der Waals surface area contributed by atoms with Crippen LogP contribution in [0.3, 0.4) is 0 Å². The minimum Gasteiger partial charge on any atom is -0.481 e. The van der Waals surface area contributed by atoms with Gasteiger partial charge in [0.1, 0.15) is 18.3 Å². The molecular formula is C20H26N2O7. The molecule has 0 bridgehead atoms. The summed E-state index contributed by atoms with van der Waals surface area (Å²) in [5, 5.41) is 11.8. The van der Waals surface area contributed by atoms with Gasteiger partial charge in [-0.2, -0.15) is 0 Å². The largest absolute Gasteiger partial charge is 0.481 e. The molecule has 2 amide bonds. The molecule has 0 saturated carbocycles. The van der Waals surface area contributed by atoms with Crippen molar-refractivity contribution in [2.24, 2.45) is 5.92 Å². The molecule has 29 heavy (non-hydrogen) atoms. The highest BCUT2D eigenvalue weighted by Gasteiger charge is 2.35. The van der Waals surface area contributed by atoms with Crippen LogP contribution in [0.5, 0.6) is 0 Å². The van der Waals surface area contributed by atoms with Gasteiger partial charge in [-0.25, -0.2) is 4.79 Å². The Balaban J connectivity index is 1.86. The first-order chi connectivity index (χ1) is 13.8. The second-order valence-corrected chi connectivity index (χ2v) is 6.92. The quantitative estimate of drug-likeness (QED) is 0.622. The lowest BCUT2D eigenvalue weighted by Crippen LogP contribution is -2.56. The first-order valence-corrected chi connectivity index (χ1v) is 9.32. The predicted molar refractivity (Wildman–Crippen MR) is 102 cm³/mol. The fraction of sp³-hybridized carbons (Fsp3) is 0.500. The molecule has 1 aromatic rings. The third-order valence-electron chi connectivity index (χ3n) is 4.90. The van der Waals surface area contributed by atoms with Crippen molar-refractivity contribution in [3.8, 4) is 0 Å². The van der Waals surface area contributed by atoms with Crippen molar-refractivity contribution in [1.29, 1.82) is 0 Å². The summed E-state index contributed by atoms with van der Waals surface area (Å²) in [6.07, 6.45) is -1.03. The van der Waals surface area contributed by atoms with Gasteiger partial charge in [-0.1, -0.05) is 30.3 Å². The lowest BCUT2D eigenvalue weighted by Gasteiger charge is -2.38. The molecule has 1 unspecified atom stereocenters. The number of hydrogen-bond acceptors (Lipinski definition) is 6. The zero-order valence-corrected chi connectivity index (χ0v) is 16.5. The minimum atomic E-state index is -1.35. The molecule has 3 atom stereocenters. The number of ketones is 1. The highest BCUT2D eigenvalue weighted by molar-refractivity contribution is 6.00. The third-order valence-corrected chi connectivity index (χ3v) is 4.90. The standard InChI is InChI=1S/C20H26N2O7/c1-13(23)15(19(25)26)10-18(24)22-9-8-16(17(11-22)28-2)21-20(27)29-12-14-6-4-3-5-7-14/h3-7,15-17H,8-12H2,1-2H3,(H,21,27)(H,25,26)/t15?,16-,17+/m1/s1. The Labute approximate surface area is 169 Å². The van der Waals surface area contributed by atoms with Gasteiger partial charge in [0, 0.05) is 26.6 Å². The van der Waals surface area contributed by atoms with Crippen LogP contribution < -0.4 is 5.32 Å². The number of ether oxygens (including phenoxy) is 2. The van der Waals surface area contributed by atoms with E-state index < -0.39 is 42.2 Å². The number of carboxylic acids is 1. The maximum absolute atomic E-state index is 12.4. The molecule has 0 aliphatic carbocycles. The van der Waals surface area contributed by atoms with Gasteiger partial charge >= 0.3 is 12.1 Å². The number of likely N-dealkylation sites (tertiary alicyclic amines) is 1. The molecule has 1 fully saturated rings. The van der Waals surface area contributed by atoms with E-state index in [0.717, 1.165) is 12.5 Å². The van der Waals surface area contributed by atoms with Crippen molar-refractivity contribution in [2.75, 3.05) is 20.2 Å². The highest BCUT2D eigenvalue weighted by atomic mass is 16.5. The molecule has 1 aliphatic heterocycles. The van der Waals surface area contributed by atoms with Crippen LogP contribution in [-0.2, 0) is 30.5 Å². The molecule has 0 aromatic heterocycles. The average molecular weight is 406 g/mol. The van der Waals surface area contributed by atoms with Crippen molar-refractivity contribution < 1.29 is 33.8 Å². The van der Waals surface area contributed by atoms with Crippen LogP contribution in [0.4, 0.5) is 4.79 Å². The van der Waals surface area contributed by atoms with Gasteiger partial charge in [-0.3, -0.25) is 14.4 Å². The van der Waals surface area contributed by atoms with E-state index in [1.54, 1.807) is 0 Å². The van der Waals surface area contributed by atoms with Crippen LogP contribution in [0.2, 0.25) is 0 Å². The Bertz CT molecular complexity index is 724. The lowest BCUT2D eigenvalue weighted by molar-refractivity contribution is -0.150. The van der Waals surface area contributed by atoms with Crippen molar-refractivity contribution in [2.45, 2.75) is 38.5 Å². The fourth-order valence-corrected chi connectivity index (χ4v) is 3.17. The van der Waals surface area contributed by atoms with E-state index in [9.17, 15) is 19.2 Å². The van der Waals surface area contributed by atoms with E-state index in [1.165, 1.54) is 12.0 Å². The van der Waals surface area contributed by atoms with Gasteiger partial charge < -0.3 is 24.8 Å². The Morgan fingerprint density at radius 2 is 1.93 bits per heavy atom. The van der Waals surface area contributed by atoms with Crippen LogP contribution in [0.25, 0.3) is 0 Å². The van der Waals surface area contributed by atoms with Crippen LogP contribution >= 0.6 is 0 Å². The normalized spacial score (nSPS) is 19.9. The van der Waals surface area contributed by atoms with Crippen LogP contribution in [0.1, 0.15) is 25.3 Å². The van der Waals surface area contributed by atoms with Gasteiger partial charge in [0.25, 0.3) is 0 Å². The SMILES string of the molecule is CO[C@H]1CN(C(=O)CC(C(C)=O)C(=O)O)CC[C@H]1NC(=O)OCc1ccccc1. The number of carbonyl (C=O) groups is 4. The van der Waals surface area contributed by atoms with Gasteiger partial charge in [0.15, 0.2) is 0 Å². The molecule has 1 heterocycles. The number of carbonyl (C=O) groups excluding carboxylic acids is 3. The molecule has 1 saturated heterocycles. The van der Waals surface area contributed by atoms with Crippen molar-refractivity contribution in [3.05, 3.63) is 35.9 Å². The van der Waals surface area contributed by atoms with Crippen molar-refractivity contribution >= 4 is 23.8 Å². The van der Waals surface area contributed by atoms with E-state index in [4.69, 9.17) is 14.6 Å². The molecule has 1 aliphatic rings. The van der Waals surface area contributed by atoms with Crippen LogP contribution in [0, 0.1) is 5.92 Å². The molecule has 9 heteroatoms. The molecule has 158 valence electrons. The number of amides is 2. The van der Waals surface area contributed by atoms with Crippen molar-refractivity contribution in [3.63, 3.8) is 0 Å². The summed E-state index contributed by atoms with van der Waals surface area (Å²) < 4.78 is 10.6. The van der Waals surface area contributed by atoms with Crippen molar-refractivity contribution in [1.82, 2.24) is 10.2 Å². The van der Waals surface area contributed by atoms with Gasteiger partial charge in [-0.05, 0) is 18.9 Å². The zero-order chi connectivity index (χ0) is 21.4. The molecule has 9 nitrogen and oxygen atoms in total. The maximum Gasteiger partial charge on any atom is 0.407 e. The fourth-order valence-electron chi connectivity index (χ4n) is 3.17. The predicted octanol–water partition coefficient (Wildman–Crippen LogP) is 1.21. The Morgan fingerprint density at radius 3 is 2.52 bits per heavy atom. The Kier molecular flexibility index (Phi) is 8.14. The number of rotatable bonds is 8. The van der Waals surface area contributed by atoms with E-state index in [2.05, 4.69) is 5.32 Å². The molecule has 1 aromatic carbocycles. The monoisotopic (exact) mass is 406 g/mol. The van der Waals surface area contributed by atoms with Gasteiger partial charge in [0.2, 0.25) is 5.91 Å². The molecule has 2 rings (SSSR count). The number of methoxy groups -OCH3 is 1. The number of carboxylic acid groups (broad SMARTS) is 1. The van der Waals surface area contributed by atoms with E-state index in [1.807, 2.05) is 30.3 Å². The maximum atomic E-state index is 12.4. The summed E-state index contributed by atoms with van der Waals surface area (Å²) >= 11 is 0. The zero-order valence-electron chi connectivity index (χ0n) is 16.5. The Hall–Kier alpha value is -2.94. The van der Waals surface area contributed by atoms with Crippen LogP contribution in [-0.4, -0.2) is 66.1 Å². The summed E-state index contributed by atoms with van der Waals surface area (Å²) in [5.74, 6) is -3.66. The number of aliphatic carboxylic acids is 1. The van der Waals surface area contributed by atoms with E-state index in [-0.39, 0.29) is 19.2 Å². The second-order valence-electron chi connectivity index (χ2n) is 6.92. The third kappa shape index (κ3) is 6.56. The summed E-state index contributed by atoms with van der Waals surface area (Å²) in [5.41, 5.74) is 0.866. The highest BCUT2D eigenvalue weighted by Crippen LogP contribution is 2.17. The number of piperidine rings is 1. The first kappa shape index (κ1) is 22.4. The molecular weight excluding hydrogens is 380 g/mol. The lowest BCUT2D eigenvalue weighted by atomic mass is 9.97. The van der Waals surface area contributed by atoms with Gasteiger partial charge in [0.05, 0.1) is 12.1 Å². The minimum absolute atomic E-state index is 0.142. The second kappa shape index (κ2) is 10.6. The average Bonchev–Trinajstić information content (AvgIpc) is 2.70. The summed E-state index contributed by atoms with van der Waals surface area (Å²) in [6.45, 7) is 1.79. The molecule has 2 N–H and O–H groups in total. The number of nitrogens with zero attached hydrogens (tertiary/aromatic N) is 1. The Morgan fingerprint density at radius 1 is 1.24 bits per heavy atom. The van der Waals surface area contributed by atoms with E-state index in [0.29, 0.717) is 13.0 Å². The molecule has 0 spiro atoms. The van der Waals surface area contributed by atoms with Crippen LogP contribution in [0.15, 0.2) is 30.3 Å². The number of hydrogen-bond donors (Lipinski definition) is 2. The number of Topliss-reactive ketones (excluding diaryl/α,β-unsaturated/α-hetero) is 1. The summed E-state index contributed by atoms with van der Waals surface area (Å²) in [4.78, 5) is 48.5. The summed E-state index contributed by atoms with van der Waals surface area (Å²) in [6, 6.07) is 8.92. The topological polar surface area (TPSA) is 122 Å². The van der Waals surface area contributed by atoms with E-state index >= 15 is 0 Å². The van der Waals surface area contributed by atoms with Gasteiger partial charge in [-0.15, -0.1) is 0 Å². The number of benzene rings is 1. The first-order valence-electron chi connectivity index (χ1n) is 9.32. The number of nitrogens with one attached hydrogen (secondary N) is 1. The molecule has 0 radical (unpaired) electrons. The smallest absolute Gasteiger partial charge is 0.407 e.